The molecule has 2 aliphatic carbocycles. The van der Waals surface area contributed by atoms with Gasteiger partial charge in [0.1, 0.15) is 5.82 Å². The number of hydrogen-bond acceptors (Lipinski definition) is 0. The van der Waals surface area contributed by atoms with Crippen LogP contribution in [0.15, 0.2) is 48.6 Å². The van der Waals surface area contributed by atoms with Gasteiger partial charge in [0, 0.05) is 0 Å². The zero-order chi connectivity index (χ0) is 16.8. The zero-order valence-corrected chi connectivity index (χ0v) is 15.0. The summed E-state index contributed by atoms with van der Waals surface area (Å²) in [4.78, 5) is 0. The van der Waals surface area contributed by atoms with Crippen molar-refractivity contribution >= 4 is 0 Å². The Morgan fingerprint density at radius 3 is 1.96 bits per heavy atom. The second-order valence-corrected chi connectivity index (χ2v) is 7.75. The topological polar surface area (TPSA) is 0 Å². The highest BCUT2D eigenvalue weighted by Gasteiger charge is 2.30. The average molecular weight is 326 g/mol. The molecular weight excluding hydrogens is 295 g/mol. The standard InChI is InChI=1S/C23H31F/c1-2-3-4-5-18-6-8-19(9-7-18)20-10-12-21(13-11-20)22-14-16-23(24)17-15-22/h2-5,14-21H,6-13H2,1H3. The Labute approximate surface area is 146 Å². The lowest BCUT2D eigenvalue weighted by molar-refractivity contribution is 0.171. The van der Waals surface area contributed by atoms with E-state index in [2.05, 4.69) is 31.2 Å². The van der Waals surface area contributed by atoms with Gasteiger partial charge in [-0.3, -0.25) is 0 Å². The van der Waals surface area contributed by atoms with E-state index in [-0.39, 0.29) is 5.82 Å². The molecule has 24 heavy (non-hydrogen) atoms. The lowest BCUT2D eigenvalue weighted by atomic mass is 9.68. The molecule has 2 saturated carbocycles. The van der Waals surface area contributed by atoms with Crippen LogP contribution in [0.1, 0.15) is 69.8 Å². The smallest absolute Gasteiger partial charge is 0.123 e. The fraction of sp³-hybridized carbons (Fsp3) is 0.565. The first-order chi connectivity index (χ1) is 11.8. The van der Waals surface area contributed by atoms with Gasteiger partial charge < -0.3 is 0 Å². The molecule has 1 aromatic carbocycles. The zero-order valence-electron chi connectivity index (χ0n) is 15.0. The molecule has 0 N–H and O–H groups in total. The Kier molecular flexibility index (Phi) is 6.29. The lowest BCUT2D eigenvalue weighted by Gasteiger charge is -2.37. The third-order valence-corrected chi connectivity index (χ3v) is 6.28. The van der Waals surface area contributed by atoms with E-state index in [4.69, 9.17) is 0 Å². The Hall–Kier alpha value is -1.37. The Morgan fingerprint density at radius 2 is 1.38 bits per heavy atom. The van der Waals surface area contributed by atoms with Crippen LogP contribution in [-0.4, -0.2) is 0 Å². The number of halogens is 1. The summed E-state index contributed by atoms with van der Waals surface area (Å²) >= 11 is 0. The summed E-state index contributed by atoms with van der Waals surface area (Å²) in [5, 5.41) is 0. The van der Waals surface area contributed by atoms with Gasteiger partial charge >= 0.3 is 0 Å². The molecule has 0 saturated heterocycles. The first-order valence-electron chi connectivity index (χ1n) is 9.81. The monoisotopic (exact) mass is 326 g/mol. The largest absolute Gasteiger partial charge is 0.207 e. The van der Waals surface area contributed by atoms with Crippen molar-refractivity contribution in [2.45, 2.75) is 64.2 Å². The van der Waals surface area contributed by atoms with Crippen LogP contribution in [0.4, 0.5) is 4.39 Å². The summed E-state index contributed by atoms with van der Waals surface area (Å²) in [6.07, 6.45) is 19.7. The van der Waals surface area contributed by atoms with Crippen LogP contribution >= 0.6 is 0 Å². The average Bonchev–Trinajstić information content (AvgIpc) is 2.63. The number of hydrogen-bond donors (Lipinski definition) is 0. The quantitative estimate of drug-likeness (QED) is 0.521. The Morgan fingerprint density at radius 1 is 0.792 bits per heavy atom. The molecular formula is C23H31F. The van der Waals surface area contributed by atoms with Crippen LogP contribution in [0.25, 0.3) is 0 Å². The minimum Gasteiger partial charge on any atom is -0.207 e. The van der Waals surface area contributed by atoms with E-state index in [1.165, 1.54) is 56.9 Å². The molecule has 2 fully saturated rings. The van der Waals surface area contributed by atoms with Gasteiger partial charge in [-0.2, -0.15) is 0 Å². The van der Waals surface area contributed by atoms with E-state index in [0.717, 1.165) is 17.8 Å². The Balaban J connectivity index is 1.45. The second-order valence-electron chi connectivity index (χ2n) is 7.75. The van der Waals surface area contributed by atoms with Crippen LogP contribution in [0.5, 0.6) is 0 Å². The van der Waals surface area contributed by atoms with E-state index in [0.29, 0.717) is 5.92 Å². The first-order valence-corrected chi connectivity index (χ1v) is 9.81. The van der Waals surface area contributed by atoms with E-state index in [9.17, 15) is 4.39 Å². The first kappa shape index (κ1) is 17.5. The molecule has 0 spiro atoms. The maximum absolute atomic E-state index is 13.1. The van der Waals surface area contributed by atoms with Gasteiger partial charge in [0.2, 0.25) is 0 Å². The van der Waals surface area contributed by atoms with Crippen LogP contribution < -0.4 is 0 Å². The summed E-state index contributed by atoms with van der Waals surface area (Å²) in [6.45, 7) is 2.07. The minimum absolute atomic E-state index is 0.118. The predicted octanol–water partition coefficient (Wildman–Crippen LogP) is 7.04. The SMILES string of the molecule is CC=CC=CC1CCC(C2CCC(c3ccc(F)cc3)CC2)CC1. The highest BCUT2D eigenvalue weighted by molar-refractivity contribution is 5.21. The fourth-order valence-corrected chi connectivity index (χ4v) is 4.80. The maximum Gasteiger partial charge on any atom is 0.123 e. The van der Waals surface area contributed by atoms with Crippen molar-refractivity contribution in [3.05, 3.63) is 60.0 Å². The molecule has 0 aromatic heterocycles. The van der Waals surface area contributed by atoms with Crippen molar-refractivity contribution in [2.75, 3.05) is 0 Å². The number of rotatable bonds is 4. The lowest BCUT2D eigenvalue weighted by Crippen LogP contribution is -2.25. The molecule has 0 amide bonds. The predicted molar refractivity (Wildman–Crippen MR) is 101 cm³/mol. The molecule has 0 unspecified atom stereocenters. The molecule has 1 aromatic rings. The molecule has 3 rings (SSSR count). The van der Waals surface area contributed by atoms with Gasteiger partial charge in [0.05, 0.1) is 0 Å². The normalized spacial score (nSPS) is 31.8. The van der Waals surface area contributed by atoms with Crippen LogP contribution in [0.2, 0.25) is 0 Å². The van der Waals surface area contributed by atoms with Crippen molar-refractivity contribution in [3.63, 3.8) is 0 Å². The summed E-state index contributed by atoms with van der Waals surface area (Å²) < 4.78 is 13.1. The third-order valence-electron chi connectivity index (χ3n) is 6.28. The minimum atomic E-state index is -0.118. The maximum atomic E-state index is 13.1. The molecule has 0 nitrogen and oxygen atoms in total. The molecule has 0 radical (unpaired) electrons. The summed E-state index contributed by atoms with van der Waals surface area (Å²) in [6, 6.07) is 7.21. The van der Waals surface area contributed by atoms with Crippen molar-refractivity contribution < 1.29 is 4.39 Å². The highest BCUT2D eigenvalue weighted by Crippen LogP contribution is 2.44. The van der Waals surface area contributed by atoms with Crippen molar-refractivity contribution in [1.29, 1.82) is 0 Å². The summed E-state index contributed by atoms with van der Waals surface area (Å²) in [5.74, 6) is 3.22. The van der Waals surface area contributed by atoms with E-state index < -0.39 is 0 Å². The molecule has 0 bridgehead atoms. The van der Waals surface area contributed by atoms with Gasteiger partial charge in [-0.15, -0.1) is 0 Å². The van der Waals surface area contributed by atoms with Gasteiger partial charge in [0.25, 0.3) is 0 Å². The molecule has 1 heteroatoms. The van der Waals surface area contributed by atoms with E-state index in [1.54, 1.807) is 12.1 Å². The fourth-order valence-electron chi connectivity index (χ4n) is 4.80. The second kappa shape index (κ2) is 8.65. The van der Waals surface area contributed by atoms with Gasteiger partial charge in [-0.05, 0) is 99.7 Å². The van der Waals surface area contributed by atoms with Gasteiger partial charge in [0.15, 0.2) is 0 Å². The van der Waals surface area contributed by atoms with Gasteiger partial charge in [-0.25, -0.2) is 4.39 Å². The highest BCUT2D eigenvalue weighted by atomic mass is 19.1. The molecule has 2 aliphatic rings. The van der Waals surface area contributed by atoms with Crippen LogP contribution in [0.3, 0.4) is 0 Å². The molecule has 0 atom stereocenters. The molecule has 0 aliphatic heterocycles. The summed E-state index contributed by atoms with van der Waals surface area (Å²) in [7, 11) is 0. The Bertz CT molecular complexity index is 538. The van der Waals surface area contributed by atoms with E-state index >= 15 is 0 Å². The third kappa shape index (κ3) is 4.59. The number of allylic oxidation sites excluding steroid dienone is 4. The molecule has 0 heterocycles. The van der Waals surface area contributed by atoms with Crippen LogP contribution in [0, 0.1) is 23.6 Å². The van der Waals surface area contributed by atoms with Gasteiger partial charge in [-0.1, -0.05) is 36.4 Å². The van der Waals surface area contributed by atoms with Crippen molar-refractivity contribution in [1.82, 2.24) is 0 Å². The number of benzene rings is 1. The van der Waals surface area contributed by atoms with E-state index in [1.807, 2.05) is 12.1 Å². The molecule has 130 valence electrons. The van der Waals surface area contributed by atoms with Crippen molar-refractivity contribution in [2.24, 2.45) is 17.8 Å². The summed E-state index contributed by atoms with van der Waals surface area (Å²) in [5.41, 5.74) is 1.34. The van der Waals surface area contributed by atoms with Crippen LogP contribution in [-0.2, 0) is 0 Å². The van der Waals surface area contributed by atoms with Crippen molar-refractivity contribution in [3.8, 4) is 0 Å².